The third-order valence-corrected chi connectivity index (χ3v) is 3.50. The predicted octanol–water partition coefficient (Wildman–Crippen LogP) is 3.86. The highest BCUT2D eigenvalue weighted by atomic mass is 15.1. The van der Waals surface area contributed by atoms with Crippen LogP contribution in [0.2, 0.25) is 0 Å². The van der Waals surface area contributed by atoms with Gasteiger partial charge in [0, 0.05) is 24.8 Å². The Morgan fingerprint density at radius 3 is 2.44 bits per heavy atom. The Hall–Kier alpha value is -1.02. The lowest BCUT2D eigenvalue weighted by molar-refractivity contribution is 0.626. The van der Waals surface area contributed by atoms with Crippen molar-refractivity contribution >= 4 is 5.69 Å². The first-order chi connectivity index (χ1) is 8.60. The number of nitrogens with zero attached hydrogens (tertiary/aromatic N) is 1. The van der Waals surface area contributed by atoms with Crippen LogP contribution < -0.4 is 10.6 Å². The zero-order valence-electron chi connectivity index (χ0n) is 12.4. The first kappa shape index (κ1) is 15.0. The quantitative estimate of drug-likeness (QED) is 0.742. The van der Waals surface area contributed by atoms with Crippen LogP contribution in [0.1, 0.15) is 51.2 Å². The van der Waals surface area contributed by atoms with Gasteiger partial charge in [-0.2, -0.15) is 0 Å². The van der Waals surface area contributed by atoms with Gasteiger partial charge in [0.2, 0.25) is 0 Å². The maximum atomic E-state index is 5.72. The van der Waals surface area contributed by atoms with E-state index in [0.717, 1.165) is 6.54 Å². The van der Waals surface area contributed by atoms with Gasteiger partial charge in [-0.15, -0.1) is 0 Å². The molecular formula is C16H28N2. The number of benzene rings is 1. The number of anilines is 1. The normalized spacial score (nSPS) is 11.0. The summed E-state index contributed by atoms with van der Waals surface area (Å²) in [6, 6.07) is 7.19. The molecule has 0 aliphatic carbocycles. The first-order valence-corrected chi connectivity index (χ1v) is 7.16. The second kappa shape index (κ2) is 7.42. The molecule has 0 aliphatic heterocycles. The number of hydrogen-bond acceptors (Lipinski definition) is 2. The molecule has 0 amide bonds. The Bertz CT molecular complexity index is 358. The van der Waals surface area contributed by atoms with E-state index in [1.165, 1.54) is 36.1 Å². The Balaban J connectivity index is 2.82. The minimum absolute atomic E-state index is 0.546. The molecule has 1 aromatic carbocycles. The lowest BCUT2D eigenvalue weighted by Gasteiger charge is -2.29. The zero-order valence-corrected chi connectivity index (χ0v) is 12.4. The summed E-state index contributed by atoms with van der Waals surface area (Å²) in [7, 11) is 0. The number of nitrogens with two attached hydrogens (primary N) is 1. The molecule has 0 spiro atoms. The van der Waals surface area contributed by atoms with Gasteiger partial charge in [0.25, 0.3) is 0 Å². The number of hydrogen-bond donors (Lipinski definition) is 1. The summed E-state index contributed by atoms with van der Waals surface area (Å²) in [5.74, 6) is 0. The summed E-state index contributed by atoms with van der Waals surface area (Å²) >= 11 is 0. The minimum Gasteiger partial charge on any atom is -0.369 e. The molecule has 2 nitrogen and oxygen atoms in total. The van der Waals surface area contributed by atoms with Gasteiger partial charge in [-0.05, 0) is 50.5 Å². The Labute approximate surface area is 112 Å². The van der Waals surface area contributed by atoms with Gasteiger partial charge in [-0.25, -0.2) is 0 Å². The van der Waals surface area contributed by atoms with Gasteiger partial charge in [0.05, 0.1) is 0 Å². The molecule has 2 heteroatoms. The molecule has 1 aromatic rings. The fraction of sp³-hybridized carbons (Fsp3) is 0.625. The maximum Gasteiger partial charge on any atom is 0.0371 e. The van der Waals surface area contributed by atoms with Crippen molar-refractivity contribution in [2.24, 2.45) is 5.73 Å². The summed E-state index contributed by atoms with van der Waals surface area (Å²) in [5, 5.41) is 0. The SMILES string of the molecule is CCCCCN(c1ccc(CN)c(C)c1)C(C)C. The molecule has 0 radical (unpaired) electrons. The predicted molar refractivity (Wildman–Crippen MR) is 81.1 cm³/mol. The summed E-state index contributed by atoms with van der Waals surface area (Å²) in [4.78, 5) is 2.49. The molecule has 0 heterocycles. The Kier molecular flexibility index (Phi) is 6.20. The topological polar surface area (TPSA) is 29.3 Å². The molecule has 0 aromatic heterocycles. The van der Waals surface area contributed by atoms with E-state index in [9.17, 15) is 0 Å². The molecule has 102 valence electrons. The van der Waals surface area contributed by atoms with Crippen molar-refractivity contribution in [1.82, 2.24) is 0 Å². The molecule has 0 aliphatic rings. The van der Waals surface area contributed by atoms with Crippen LogP contribution in [0.4, 0.5) is 5.69 Å². The van der Waals surface area contributed by atoms with E-state index in [1.807, 2.05) is 0 Å². The molecule has 2 N–H and O–H groups in total. The molecule has 18 heavy (non-hydrogen) atoms. The van der Waals surface area contributed by atoms with Gasteiger partial charge >= 0.3 is 0 Å². The Morgan fingerprint density at radius 1 is 1.22 bits per heavy atom. The lowest BCUT2D eigenvalue weighted by Crippen LogP contribution is -2.31. The monoisotopic (exact) mass is 248 g/mol. The number of aryl methyl sites for hydroxylation is 1. The van der Waals surface area contributed by atoms with E-state index in [0.29, 0.717) is 12.6 Å². The van der Waals surface area contributed by atoms with Gasteiger partial charge in [-0.3, -0.25) is 0 Å². The van der Waals surface area contributed by atoms with Crippen LogP contribution in [0.25, 0.3) is 0 Å². The molecule has 0 saturated heterocycles. The van der Waals surface area contributed by atoms with Crippen LogP contribution in [0.3, 0.4) is 0 Å². The summed E-state index contributed by atoms with van der Waals surface area (Å²) in [5.41, 5.74) is 9.60. The highest BCUT2D eigenvalue weighted by Gasteiger charge is 2.11. The maximum absolute atomic E-state index is 5.72. The van der Waals surface area contributed by atoms with E-state index in [2.05, 4.69) is 50.8 Å². The lowest BCUT2D eigenvalue weighted by atomic mass is 10.1. The van der Waals surface area contributed by atoms with Crippen molar-refractivity contribution in [2.45, 2.75) is 59.5 Å². The van der Waals surface area contributed by atoms with Crippen LogP contribution in [-0.2, 0) is 6.54 Å². The van der Waals surface area contributed by atoms with Crippen LogP contribution in [0, 0.1) is 6.92 Å². The van der Waals surface area contributed by atoms with E-state index < -0.39 is 0 Å². The molecule has 0 unspecified atom stereocenters. The highest BCUT2D eigenvalue weighted by Crippen LogP contribution is 2.21. The van der Waals surface area contributed by atoms with E-state index in [1.54, 1.807) is 0 Å². The second-order valence-corrected chi connectivity index (χ2v) is 5.31. The second-order valence-electron chi connectivity index (χ2n) is 5.31. The fourth-order valence-electron chi connectivity index (χ4n) is 2.31. The van der Waals surface area contributed by atoms with Gasteiger partial charge in [0.1, 0.15) is 0 Å². The summed E-state index contributed by atoms with van der Waals surface area (Å²) in [6.45, 7) is 10.7. The van der Waals surface area contributed by atoms with Crippen molar-refractivity contribution in [3.05, 3.63) is 29.3 Å². The molecule has 1 rings (SSSR count). The third kappa shape index (κ3) is 4.02. The van der Waals surface area contributed by atoms with Crippen LogP contribution in [-0.4, -0.2) is 12.6 Å². The third-order valence-electron chi connectivity index (χ3n) is 3.50. The molecule has 0 bridgehead atoms. The van der Waals surface area contributed by atoms with Crippen LogP contribution in [0.5, 0.6) is 0 Å². The van der Waals surface area contributed by atoms with E-state index >= 15 is 0 Å². The largest absolute Gasteiger partial charge is 0.369 e. The fourth-order valence-corrected chi connectivity index (χ4v) is 2.31. The van der Waals surface area contributed by atoms with Gasteiger partial charge in [0.15, 0.2) is 0 Å². The molecule has 0 fully saturated rings. The first-order valence-electron chi connectivity index (χ1n) is 7.16. The van der Waals surface area contributed by atoms with Crippen molar-refractivity contribution in [3.63, 3.8) is 0 Å². The summed E-state index contributed by atoms with van der Waals surface area (Å²) < 4.78 is 0. The van der Waals surface area contributed by atoms with Crippen molar-refractivity contribution in [2.75, 3.05) is 11.4 Å². The van der Waals surface area contributed by atoms with Gasteiger partial charge < -0.3 is 10.6 Å². The molecule has 0 saturated carbocycles. The van der Waals surface area contributed by atoms with Crippen molar-refractivity contribution in [1.29, 1.82) is 0 Å². The summed E-state index contributed by atoms with van der Waals surface area (Å²) in [6.07, 6.45) is 3.85. The van der Waals surface area contributed by atoms with E-state index in [-0.39, 0.29) is 0 Å². The Morgan fingerprint density at radius 2 is 1.94 bits per heavy atom. The molecular weight excluding hydrogens is 220 g/mol. The van der Waals surface area contributed by atoms with Gasteiger partial charge in [-0.1, -0.05) is 25.8 Å². The average Bonchev–Trinajstić information content (AvgIpc) is 2.34. The highest BCUT2D eigenvalue weighted by molar-refractivity contribution is 5.51. The van der Waals surface area contributed by atoms with Crippen LogP contribution in [0.15, 0.2) is 18.2 Å². The minimum atomic E-state index is 0.546. The van der Waals surface area contributed by atoms with Crippen molar-refractivity contribution in [3.8, 4) is 0 Å². The van der Waals surface area contributed by atoms with Crippen LogP contribution >= 0.6 is 0 Å². The average molecular weight is 248 g/mol. The number of unbranched alkanes of at least 4 members (excludes halogenated alkanes) is 2. The molecule has 0 atom stereocenters. The smallest absolute Gasteiger partial charge is 0.0371 e. The number of rotatable bonds is 7. The van der Waals surface area contributed by atoms with E-state index in [4.69, 9.17) is 5.73 Å². The van der Waals surface area contributed by atoms with Crippen molar-refractivity contribution < 1.29 is 0 Å². The standard InChI is InChI=1S/C16H28N2/c1-5-6-7-10-18(13(2)3)16-9-8-15(12-17)14(4)11-16/h8-9,11,13H,5-7,10,12,17H2,1-4H3. The zero-order chi connectivity index (χ0) is 13.5.